The highest BCUT2D eigenvalue weighted by atomic mass is 16.4. The zero-order chi connectivity index (χ0) is 13.8. The van der Waals surface area contributed by atoms with E-state index < -0.39 is 36.2 Å². The van der Waals surface area contributed by atoms with Gasteiger partial charge in [0.15, 0.2) is 5.78 Å². The van der Waals surface area contributed by atoms with Gasteiger partial charge in [-0.2, -0.15) is 0 Å². The van der Waals surface area contributed by atoms with Crippen LogP contribution in [-0.4, -0.2) is 28.4 Å². The van der Waals surface area contributed by atoms with Crippen molar-refractivity contribution in [3.8, 4) is 0 Å². The molecule has 6 heteroatoms. The van der Waals surface area contributed by atoms with E-state index in [1.54, 1.807) is 18.2 Å². The van der Waals surface area contributed by atoms with Crippen molar-refractivity contribution in [2.24, 2.45) is 0 Å². The van der Waals surface area contributed by atoms with E-state index in [0.717, 1.165) is 0 Å². The molecule has 0 heterocycles. The molecule has 96 valence electrons. The van der Waals surface area contributed by atoms with Crippen molar-refractivity contribution in [3.05, 3.63) is 35.9 Å². The molecule has 0 amide bonds. The van der Waals surface area contributed by atoms with Crippen LogP contribution in [0.25, 0.3) is 0 Å². The number of carboxylic acids is 2. The number of carbonyl (C=O) groups excluding carboxylic acids is 3. The van der Waals surface area contributed by atoms with Crippen LogP contribution in [0.15, 0.2) is 30.3 Å². The molecule has 1 N–H and O–H groups in total. The molecule has 6 nitrogen and oxygen atoms in total. The topological polar surface area (TPSA) is 118 Å². The number of aliphatic carboxylic acids is 2. The van der Waals surface area contributed by atoms with Crippen molar-refractivity contribution >= 4 is 17.7 Å². The number of benzene rings is 1. The first-order valence-corrected chi connectivity index (χ1v) is 5.07. The monoisotopic (exact) mass is 250 g/mol. The molecule has 0 spiro atoms. The second kappa shape index (κ2) is 5.42. The predicted octanol–water partition coefficient (Wildman–Crippen LogP) is -2.58. The zero-order valence-electron chi connectivity index (χ0n) is 9.29. The fraction of sp³-hybridized carbons (Fsp3) is 0.250. The van der Waals surface area contributed by atoms with Crippen LogP contribution >= 0.6 is 0 Å². The first kappa shape index (κ1) is 13.9. The molecule has 0 fully saturated rings. The third-order valence-electron chi connectivity index (χ3n) is 2.40. The maximum Gasteiger partial charge on any atom is 0.181 e. The van der Waals surface area contributed by atoms with E-state index in [1.165, 1.54) is 12.1 Å². The van der Waals surface area contributed by atoms with Crippen LogP contribution in [0.5, 0.6) is 0 Å². The van der Waals surface area contributed by atoms with Crippen molar-refractivity contribution in [2.45, 2.75) is 18.4 Å². The molecule has 0 saturated carbocycles. The summed E-state index contributed by atoms with van der Waals surface area (Å²) in [6.45, 7) is 0. The summed E-state index contributed by atoms with van der Waals surface area (Å²) in [6.07, 6.45) is -1.51. The summed E-state index contributed by atoms with van der Waals surface area (Å²) in [6, 6.07) is 8.00. The summed E-state index contributed by atoms with van der Waals surface area (Å²) in [5.74, 6) is -5.43. The fourth-order valence-electron chi connectivity index (χ4n) is 1.48. The average Bonchev–Trinajstić information content (AvgIpc) is 2.29. The Kier molecular flexibility index (Phi) is 4.17. The molecule has 1 aromatic carbocycles. The minimum absolute atomic E-state index is 0.421. The number of hydrogen-bond donors (Lipinski definition) is 1. The normalized spacial score (nSPS) is 13.6. The quantitative estimate of drug-likeness (QED) is 0.554. The van der Waals surface area contributed by atoms with Gasteiger partial charge < -0.3 is 24.9 Å². The summed E-state index contributed by atoms with van der Waals surface area (Å²) < 4.78 is 0. The Balaban J connectivity index is 2.91. The van der Waals surface area contributed by atoms with E-state index in [1.807, 2.05) is 0 Å². The van der Waals surface area contributed by atoms with Crippen LogP contribution in [0.3, 0.4) is 0 Å². The predicted molar refractivity (Wildman–Crippen MR) is 54.7 cm³/mol. The number of carboxylic acid groups (broad SMARTS) is 2. The Morgan fingerprint density at radius 2 is 1.67 bits per heavy atom. The molecule has 1 aromatic rings. The van der Waals surface area contributed by atoms with Crippen LogP contribution in [0.1, 0.15) is 12.0 Å². The minimum Gasteiger partial charge on any atom is -0.547 e. The summed E-state index contributed by atoms with van der Waals surface area (Å²) in [5, 5.41) is 30.9. The number of Topliss-reactive ketones (excluding diaryl/α,β-unsaturated/α-hetero) is 1. The van der Waals surface area contributed by atoms with E-state index in [9.17, 15) is 29.7 Å². The lowest BCUT2D eigenvalue weighted by Crippen LogP contribution is -2.52. The minimum atomic E-state index is -2.56. The molecular weight excluding hydrogens is 240 g/mol. The van der Waals surface area contributed by atoms with Gasteiger partial charge in [-0.3, -0.25) is 4.79 Å². The second-order valence-electron chi connectivity index (χ2n) is 3.87. The van der Waals surface area contributed by atoms with Gasteiger partial charge in [0.05, 0.1) is 5.97 Å². The highest BCUT2D eigenvalue weighted by molar-refractivity contribution is 6.32. The van der Waals surface area contributed by atoms with Gasteiger partial charge in [-0.15, -0.1) is 0 Å². The molecule has 1 atom stereocenters. The lowest BCUT2D eigenvalue weighted by Gasteiger charge is -2.28. The van der Waals surface area contributed by atoms with Crippen LogP contribution < -0.4 is 10.2 Å². The molecule has 18 heavy (non-hydrogen) atoms. The summed E-state index contributed by atoms with van der Waals surface area (Å²) >= 11 is 0. The number of rotatable bonds is 6. The molecule has 0 aliphatic rings. The van der Waals surface area contributed by atoms with Gasteiger partial charge in [-0.25, -0.2) is 0 Å². The average molecular weight is 250 g/mol. The first-order valence-electron chi connectivity index (χ1n) is 5.07. The molecule has 0 bridgehead atoms. The third-order valence-corrected chi connectivity index (χ3v) is 2.40. The first-order chi connectivity index (χ1) is 8.35. The third kappa shape index (κ3) is 3.39. The van der Waals surface area contributed by atoms with E-state index in [0.29, 0.717) is 5.56 Å². The maximum absolute atomic E-state index is 10.9. The van der Waals surface area contributed by atoms with E-state index in [2.05, 4.69) is 0 Å². The molecule has 0 radical (unpaired) electrons. The van der Waals surface area contributed by atoms with Gasteiger partial charge in [0.2, 0.25) is 0 Å². The number of aliphatic hydroxyl groups is 1. The van der Waals surface area contributed by atoms with Crippen molar-refractivity contribution in [1.82, 2.24) is 0 Å². The van der Waals surface area contributed by atoms with Gasteiger partial charge in [-0.05, 0) is 5.56 Å². The van der Waals surface area contributed by atoms with E-state index in [4.69, 9.17) is 0 Å². The number of carbonyl (C=O) groups is 3. The zero-order valence-corrected chi connectivity index (χ0v) is 9.29. The van der Waals surface area contributed by atoms with Gasteiger partial charge in [0, 0.05) is 12.8 Å². The van der Waals surface area contributed by atoms with Gasteiger partial charge in [-0.1, -0.05) is 30.3 Å². The number of ketones is 1. The van der Waals surface area contributed by atoms with Crippen molar-refractivity contribution < 1.29 is 29.7 Å². The number of hydrogen-bond acceptors (Lipinski definition) is 6. The fourth-order valence-corrected chi connectivity index (χ4v) is 1.48. The van der Waals surface area contributed by atoms with E-state index in [-0.39, 0.29) is 0 Å². The molecule has 1 unspecified atom stereocenters. The lowest BCUT2D eigenvalue weighted by atomic mass is 9.89. The Labute approximate surface area is 102 Å². The standard InChI is InChI=1S/C12H12O6/c13-9(10(14)15)7-12(18,11(16)17)6-8-4-2-1-3-5-8/h1-5,18H,6-7H2,(H,14,15)(H,16,17)/p-2. The summed E-state index contributed by atoms with van der Waals surface area (Å²) in [4.78, 5) is 32.1. The highest BCUT2D eigenvalue weighted by Crippen LogP contribution is 2.17. The van der Waals surface area contributed by atoms with Crippen LogP contribution in [-0.2, 0) is 20.8 Å². The molecule has 0 aromatic heterocycles. The van der Waals surface area contributed by atoms with Crippen LogP contribution in [0.4, 0.5) is 0 Å². The molecule has 0 aliphatic heterocycles. The van der Waals surface area contributed by atoms with Gasteiger partial charge in [0.1, 0.15) is 11.6 Å². The van der Waals surface area contributed by atoms with Gasteiger partial charge in [0.25, 0.3) is 0 Å². The van der Waals surface area contributed by atoms with Crippen LogP contribution in [0, 0.1) is 0 Å². The Bertz CT molecular complexity index is 467. The van der Waals surface area contributed by atoms with Crippen LogP contribution in [0.2, 0.25) is 0 Å². The Hall–Kier alpha value is -2.21. The molecule has 1 rings (SSSR count). The smallest absolute Gasteiger partial charge is 0.181 e. The van der Waals surface area contributed by atoms with Crippen molar-refractivity contribution in [2.75, 3.05) is 0 Å². The van der Waals surface area contributed by atoms with Gasteiger partial charge >= 0.3 is 0 Å². The maximum atomic E-state index is 10.9. The van der Waals surface area contributed by atoms with E-state index >= 15 is 0 Å². The Morgan fingerprint density at radius 1 is 1.11 bits per heavy atom. The molecule has 0 aliphatic carbocycles. The largest absolute Gasteiger partial charge is 0.547 e. The summed E-state index contributed by atoms with van der Waals surface area (Å²) in [7, 11) is 0. The van der Waals surface area contributed by atoms with Crippen molar-refractivity contribution in [1.29, 1.82) is 0 Å². The van der Waals surface area contributed by atoms with Crippen molar-refractivity contribution in [3.63, 3.8) is 0 Å². The summed E-state index contributed by atoms with van der Waals surface area (Å²) in [5.41, 5.74) is -2.12. The SMILES string of the molecule is O=C([O-])C(=O)CC(O)(Cc1ccccc1)C(=O)[O-]. The Morgan fingerprint density at radius 3 is 2.11 bits per heavy atom. The lowest BCUT2D eigenvalue weighted by molar-refractivity contribution is -0.325. The molecular formula is C12H10O6-2. The highest BCUT2D eigenvalue weighted by Gasteiger charge is 2.32. The second-order valence-corrected chi connectivity index (χ2v) is 3.87. The molecule has 0 saturated heterocycles.